The Bertz CT molecular complexity index is 2140. The molecule has 0 N–H and O–H groups in total. The lowest BCUT2D eigenvalue weighted by Gasteiger charge is -2.57. The van der Waals surface area contributed by atoms with Crippen molar-refractivity contribution in [3.05, 3.63) is 69.9 Å². The first-order chi connectivity index (χ1) is 35.0. The van der Waals surface area contributed by atoms with Crippen LogP contribution in [0.1, 0.15) is 199 Å². The molecule has 0 heterocycles. The molecule has 0 bridgehead atoms. The van der Waals surface area contributed by atoms with E-state index in [-0.39, 0.29) is 78.3 Å². The van der Waals surface area contributed by atoms with Gasteiger partial charge in [-0.3, -0.25) is 19.2 Å². The lowest BCUT2D eigenvalue weighted by molar-refractivity contribution is -0.191. The Morgan fingerprint density at radius 1 is 0.500 bits per heavy atom. The Morgan fingerprint density at radius 3 is 1.07 bits per heavy atom. The molecule has 0 aromatic carbocycles. The minimum absolute atomic E-state index is 0.0643. The first-order valence-electron chi connectivity index (χ1n) is 29.8. The van der Waals surface area contributed by atoms with E-state index in [0.717, 1.165) is 96.3 Å². The van der Waals surface area contributed by atoms with Crippen LogP contribution in [0.3, 0.4) is 0 Å². The van der Waals surface area contributed by atoms with Crippen LogP contribution < -0.4 is 0 Å². The maximum absolute atomic E-state index is 15.1. The van der Waals surface area contributed by atoms with Crippen LogP contribution in [0.15, 0.2) is 69.9 Å². The van der Waals surface area contributed by atoms with Gasteiger partial charge in [0, 0.05) is 0 Å². The summed E-state index contributed by atoms with van der Waals surface area (Å²) in [5.41, 5.74) is 5.01. The van der Waals surface area contributed by atoms with E-state index < -0.39 is 21.7 Å². The Balaban J connectivity index is 0.997. The van der Waals surface area contributed by atoms with Gasteiger partial charge in [-0.2, -0.15) is 0 Å². The van der Waals surface area contributed by atoms with E-state index in [1.165, 1.54) is 33.4 Å². The van der Waals surface area contributed by atoms with E-state index in [9.17, 15) is 4.79 Å². The maximum atomic E-state index is 15.1. The van der Waals surface area contributed by atoms with Crippen LogP contribution in [-0.4, -0.2) is 50.8 Å². The van der Waals surface area contributed by atoms with E-state index >= 15 is 14.4 Å². The van der Waals surface area contributed by atoms with Crippen LogP contribution in [0.4, 0.5) is 0 Å². The zero-order chi connectivity index (χ0) is 53.2. The highest BCUT2D eigenvalue weighted by molar-refractivity contribution is 5.79. The lowest BCUT2D eigenvalue weighted by Crippen LogP contribution is -2.55. The van der Waals surface area contributed by atoms with Crippen molar-refractivity contribution in [2.75, 3.05) is 26.4 Å². The van der Waals surface area contributed by atoms with Crippen LogP contribution in [-0.2, 0) is 38.1 Å². The summed E-state index contributed by atoms with van der Waals surface area (Å²) in [6.07, 6.45) is 31.6. The van der Waals surface area contributed by atoms with Crippen LogP contribution >= 0.6 is 0 Å². The van der Waals surface area contributed by atoms with Gasteiger partial charge in [0.25, 0.3) is 6.47 Å². The summed E-state index contributed by atoms with van der Waals surface area (Å²) in [7, 11) is 0. The fourth-order valence-electron chi connectivity index (χ4n) is 18.4. The molecule has 9 rings (SSSR count). The lowest BCUT2D eigenvalue weighted by atomic mass is 9.47. The molecule has 0 aromatic rings. The van der Waals surface area contributed by atoms with Crippen LogP contribution in [0.25, 0.3) is 0 Å². The van der Waals surface area contributed by atoms with Gasteiger partial charge in [-0.05, 0) is 203 Å². The van der Waals surface area contributed by atoms with Gasteiger partial charge in [0.1, 0.15) is 31.8 Å². The van der Waals surface area contributed by atoms with Crippen molar-refractivity contribution in [3.63, 3.8) is 0 Å². The second-order valence-electron chi connectivity index (χ2n) is 28.3. The first-order valence-corrected chi connectivity index (χ1v) is 29.8. The summed E-state index contributed by atoms with van der Waals surface area (Å²) in [4.78, 5) is 57.7. The van der Waals surface area contributed by atoms with E-state index in [1.807, 2.05) is 0 Å². The molecule has 12 atom stereocenters. The number of ether oxygens (including phenoxy) is 4. The molecular weight excluding hydrogens is 921 g/mol. The average Bonchev–Trinajstić information content (AvgIpc) is 3.37. The summed E-state index contributed by atoms with van der Waals surface area (Å²) in [5, 5.41) is 0. The number of allylic oxidation sites excluding steroid dienone is 12. The second kappa shape index (κ2) is 20.6. The third-order valence-corrected chi connectivity index (χ3v) is 23.1. The minimum atomic E-state index is -1.35. The highest BCUT2D eigenvalue weighted by Gasteiger charge is 2.61. The highest BCUT2D eigenvalue weighted by atomic mass is 16.6. The molecule has 9 aliphatic rings. The Kier molecular flexibility index (Phi) is 15.3. The number of fused-ring (bicyclic) bond motifs is 9. The van der Waals surface area contributed by atoms with Crippen molar-refractivity contribution in [3.8, 4) is 0 Å². The van der Waals surface area contributed by atoms with Crippen molar-refractivity contribution in [1.82, 2.24) is 0 Å². The highest BCUT2D eigenvalue weighted by Crippen LogP contribution is 2.65. The molecule has 8 nitrogen and oxygen atoms in total. The third kappa shape index (κ3) is 9.42. The van der Waals surface area contributed by atoms with Gasteiger partial charge in [-0.15, -0.1) is 0 Å². The molecule has 0 saturated heterocycles. The number of hydrogen-bond acceptors (Lipinski definition) is 8. The molecule has 3 saturated carbocycles. The van der Waals surface area contributed by atoms with E-state index in [0.29, 0.717) is 61.2 Å². The van der Waals surface area contributed by atoms with Crippen LogP contribution in [0.5, 0.6) is 0 Å². The van der Waals surface area contributed by atoms with Gasteiger partial charge in [0.2, 0.25) is 0 Å². The van der Waals surface area contributed by atoms with Crippen molar-refractivity contribution in [1.29, 1.82) is 0 Å². The molecule has 74 heavy (non-hydrogen) atoms. The monoisotopic (exact) mass is 1020 g/mol. The molecule has 408 valence electrons. The van der Waals surface area contributed by atoms with E-state index in [2.05, 4.69) is 120 Å². The van der Waals surface area contributed by atoms with Gasteiger partial charge in [-0.1, -0.05) is 135 Å². The molecule has 0 amide bonds. The average molecular weight is 1020 g/mol. The van der Waals surface area contributed by atoms with E-state index in [1.54, 1.807) is 0 Å². The topological polar surface area (TPSA) is 105 Å². The summed E-state index contributed by atoms with van der Waals surface area (Å²) in [6, 6.07) is 0. The summed E-state index contributed by atoms with van der Waals surface area (Å²) in [5.74, 6) is 2.12. The Hall–Kier alpha value is -3.68. The molecule has 0 spiro atoms. The zero-order valence-corrected chi connectivity index (χ0v) is 48.1. The number of carbonyl (C=O) groups is 4. The SMILES string of the molecule is CC(C)C1=CC2=CCC3C(C)(C(=O)OCC(COC=O)(COC(=O)C4(C)CCCC5(C)C6CCC(C(C)C)=CC6=CCC45)COC(=O)C4(C)CCCC5(C)C6CCC(C(C)C)=CC6=CCC45)CCCC3(C)C2CC1. The molecule has 0 aliphatic heterocycles. The normalized spacial score (nSPS) is 39.3. The zero-order valence-electron chi connectivity index (χ0n) is 48.1. The molecule has 3 fully saturated rings. The van der Waals surface area contributed by atoms with Gasteiger partial charge in [0.15, 0.2) is 0 Å². The Morgan fingerprint density at radius 2 is 0.797 bits per heavy atom. The molecule has 12 unspecified atom stereocenters. The first kappa shape index (κ1) is 55.1. The molecule has 9 aliphatic carbocycles. The van der Waals surface area contributed by atoms with Gasteiger partial charge in [-0.25, -0.2) is 0 Å². The van der Waals surface area contributed by atoms with Crippen molar-refractivity contribution >= 4 is 24.4 Å². The standard InChI is InChI=1S/C66H96O8/c1-42(2)45-16-22-51-48(34-45)19-25-54-60(51,7)28-13-31-63(54,10)57(68)72-38-66(37-71-41-67,39-73-58(69)64(11)32-14-29-61(8)52-23-17-46(43(3)4)35-49(52)20-26-55(61)64)40-74-59(70)65(12)33-15-30-62(9)53-24-18-47(44(5)6)36-50(53)21-27-56(62)65/h19-21,34-36,41-44,51-56H,13-18,22-33,37-40H2,1-12H3. The van der Waals surface area contributed by atoms with Gasteiger partial charge >= 0.3 is 17.9 Å². The van der Waals surface area contributed by atoms with E-state index in [4.69, 9.17) is 18.9 Å². The Labute approximate surface area is 446 Å². The fourth-order valence-corrected chi connectivity index (χ4v) is 18.4. The van der Waals surface area contributed by atoms with Crippen molar-refractivity contribution in [2.24, 2.45) is 91.2 Å². The minimum Gasteiger partial charge on any atom is -0.467 e. The summed E-state index contributed by atoms with van der Waals surface area (Å²) < 4.78 is 25.6. The molecule has 0 aromatic heterocycles. The number of rotatable bonds is 15. The summed E-state index contributed by atoms with van der Waals surface area (Å²) in [6.45, 7) is 26.7. The number of hydrogen-bond donors (Lipinski definition) is 0. The van der Waals surface area contributed by atoms with Gasteiger partial charge in [0.05, 0.1) is 16.2 Å². The number of carbonyl (C=O) groups excluding carboxylic acids is 4. The quantitative estimate of drug-likeness (QED) is 0.0907. The van der Waals surface area contributed by atoms with Crippen molar-refractivity contribution in [2.45, 2.75) is 199 Å². The predicted octanol–water partition coefficient (Wildman–Crippen LogP) is 15.2. The van der Waals surface area contributed by atoms with Gasteiger partial charge < -0.3 is 18.9 Å². The predicted molar refractivity (Wildman–Crippen MR) is 293 cm³/mol. The molecular formula is C66H96O8. The second-order valence-corrected chi connectivity index (χ2v) is 28.3. The van der Waals surface area contributed by atoms with Crippen LogP contribution in [0.2, 0.25) is 0 Å². The van der Waals surface area contributed by atoms with Crippen LogP contribution in [0, 0.1) is 91.2 Å². The third-order valence-electron chi connectivity index (χ3n) is 23.1. The maximum Gasteiger partial charge on any atom is 0.312 e. The summed E-state index contributed by atoms with van der Waals surface area (Å²) >= 11 is 0. The molecule has 8 heteroatoms. The fraction of sp³-hybridized carbons (Fsp3) is 0.758. The largest absolute Gasteiger partial charge is 0.467 e. The smallest absolute Gasteiger partial charge is 0.312 e. The van der Waals surface area contributed by atoms with Crippen molar-refractivity contribution < 1.29 is 38.1 Å². The number of esters is 3. The molecule has 0 radical (unpaired) electrons.